The number of amides is 1. The number of nitrogens with zero attached hydrogens (tertiary/aromatic N) is 4. The maximum absolute atomic E-state index is 12.3. The SMILES string of the molecule is NC(=Nc1ccc(SCC(=O)N2CCCCC2)cc1)N=C(NO)NN1CCCC1. The second-order valence-corrected chi connectivity index (χ2v) is 8.12. The van der Waals surface area contributed by atoms with Crippen LogP contribution >= 0.6 is 11.8 Å². The number of aliphatic imine (C=N–C) groups is 2. The first-order valence-electron chi connectivity index (χ1n) is 9.99. The number of hydroxylamine groups is 1. The molecule has 0 aromatic heterocycles. The van der Waals surface area contributed by atoms with Crippen LogP contribution in [0.5, 0.6) is 0 Å². The fourth-order valence-electron chi connectivity index (χ4n) is 3.32. The molecule has 2 aliphatic heterocycles. The first-order chi connectivity index (χ1) is 14.1. The van der Waals surface area contributed by atoms with E-state index >= 15 is 0 Å². The van der Waals surface area contributed by atoms with Gasteiger partial charge in [-0.3, -0.25) is 15.4 Å². The summed E-state index contributed by atoms with van der Waals surface area (Å²) >= 11 is 1.52. The molecule has 5 N–H and O–H groups in total. The van der Waals surface area contributed by atoms with Crippen molar-refractivity contribution in [1.82, 2.24) is 20.8 Å². The van der Waals surface area contributed by atoms with Crippen molar-refractivity contribution in [2.24, 2.45) is 15.7 Å². The second kappa shape index (κ2) is 11.0. The molecule has 2 aliphatic rings. The molecule has 158 valence electrons. The van der Waals surface area contributed by atoms with E-state index in [2.05, 4.69) is 15.4 Å². The summed E-state index contributed by atoms with van der Waals surface area (Å²) in [6.07, 6.45) is 5.63. The normalized spacial score (nSPS) is 18.7. The molecule has 1 aromatic rings. The molecule has 2 saturated heterocycles. The van der Waals surface area contributed by atoms with E-state index in [-0.39, 0.29) is 17.8 Å². The number of nitrogens with one attached hydrogen (secondary N) is 2. The van der Waals surface area contributed by atoms with Gasteiger partial charge in [-0.05, 0) is 56.4 Å². The summed E-state index contributed by atoms with van der Waals surface area (Å²) in [5.41, 5.74) is 11.5. The molecule has 9 nitrogen and oxygen atoms in total. The Bertz CT molecular complexity index is 727. The van der Waals surface area contributed by atoms with E-state index in [0.717, 1.165) is 56.8 Å². The van der Waals surface area contributed by atoms with Gasteiger partial charge in [0.25, 0.3) is 0 Å². The van der Waals surface area contributed by atoms with Crippen LogP contribution in [0.15, 0.2) is 39.1 Å². The van der Waals surface area contributed by atoms with Gasteiger partial charge in [0.2, 0.25) is 17.8 Å². The van der Waals surface area contributed by atoms with Crippen molar-refractivity contribution in [2.45, 2.75) is 37.0 Å². The third-order valence-corrected chi connectivity index (χ3v) is 5.85. The predicted octanol–water partition coefficient (Wildman–Crippen LogP) is 1.67. The third kappa shape index (κ3) is 6.91. The van der Waals surface area contributed by atoms with Gasteiger partial charge in [0.05, 0.1) is 11.4 Å². The van der Waals surface area contributed by atoms with Gasteiger partial charge >= 0.3 is 0 Å². The van der Waals surface area contributed by atoms with E-state index in [4.69, 9.17) is 5.73 Å². The van der Waals surface area contributed by atoms with Gasteiger partial charge in [-0.25, -0.2) is 15.5 Å². The fraction of sp³-hybridized carbons (Fsp3) is 0.526. The van der Waals surface area contributed by atoms with Crippen molar-refractivity contribution in [2.75, 3.05) is 31.9 Å². The molecule has 0 saturated carbocycles. The molecule has 2 heterocycles. The number of likely N-dealkylation sites (tertiary alicyclic amines) is 1. The van der Waals surface area contributed by atoms with Crippen LogP contribution in [-0.2, 0) is 4.79 Å². The standard InChI is InChI=1S/C19H29N7O2S/c20-18(22-19(24-28)23-26-12-4-5-13-26)21-15-6-8-16(9-7-15)29-14-17(27)25-10-2-1-3-11-25/h6-9,28H,1-5,10-14H2,(H4,20,21,22,23,24). The van der Waals surface area contributed by atoms with Crippen LogP contribution in [0.1, 0.15) is 32.1 Å². The average molecular weight is 420 g/mol. The highest BCUT2D eigenvalue weighted by atomic mass is 32.2. The van der Waals surface area contributed by atoms with E-state index in [1.807, 2.05) is 39.7 Å². The van der Waals surface area contributed by atoms with Gasteiger partial charge < -0.3 is 10.6 Å². The van der Waals surface area contributed by atoms with Crippen molar-refractivity contribution in [3.05, 3.63) is 24.3 Å². The largest absolute Gasteiger partial charge is 0.368 e. The third-order valence-electron chi connectivity index (χ3n) is 4.85. The van der Waals surface area contributed by atoms with E-state index in [1.54, 1.807) is 0 Å². The molecular weight excluding hydrogens is 390 g/mol. The summed E-state index contributed by atoms with van der Waals surface area (Å²) in [5, 5.41) is 11.2. The Morgan fingerprint density at radius 3 is 2.38 bits per heavy atom. The summed E-state index contributed by atoms with van der Waals surface area (Å²) in [7, 11) is 0. The lowest BCUT2D eigenvalue weighted by atomic mass is 10.1. The number of hydrogen-bond acceptors (Lipinski definition) is 5. The van der Waals surface area contributed by atoms with Crippen molar-refractivity contribution in [1.29, 1.82) is 0 Å². The second-order valence-electron chi connectivity index (χ2n) is 7.07. The first kappa shape index (κ1) is 21.4. The highest BCUT2D eigenvalue weighted by molar-refractivity contribution is 8.00. The van der Waals surface area contributed by atoms with Crippen molar-refractivity contribution in [3.63, 3.8) is 0 Å². The summed E-state index contributed by atoms with van der Waals surface area (Å²) in [5.74, 6) is 0.804. The Balaban J connectivity index is 1.51. The van der Waals surface area contributed by atoms with Crippen molar-refractivity contribution < 1.29 is 10.0 Å². The Labute approximate surface area is 175 Å². The number of piperidine rings is 1. The fourth-order valence-corrected chi connectivity index (χ4v) is 4.12. The van der Waals surface area contributed by atoms with E-state index in [0.29, 0.717) is 11.4 Å². The van der Waals surface area contributed by atoms with Gasteiger partial charge in [0.1, 0.15) is 0 Å². The number of guanidine groups is 2. The molecular formula is C19H29N7O2S. The maximum Gasteiger partial charge on any atom is 0.238 e. The van der Waals surface area contributed by atoms with Gasteiger partial charge in [0, 0.05) is 31.1 Å². The average Bonchev–Trinajstić information content (AvgIpc) is 3.26. The van der Waals surface area contributed by atoms with E-state index in [9.17, 15) is 10.0 Å². The minimum atomic E-state index is 0.0222. The highest BCUT2D eigenvalue weighted by Gasteiger charge is 2.16. The van der Waals surface area contributed by atoms with E-state index in [1.165, 1.54) is 18.2 Å². The summed E-state index contributed by atoms with van der Waals surface area (Å²) in [6, 6.07) is 7.49. The molecule has 1 amide bonds. The van der Waals surface area contributed by atoms with Crippen LogP contribution in [-0.4, -0.2) is 64.9 Å². The number of hydrogen-bond donors (Lipinski definition) is 4. The van der Waals surface area contributed by atoms with Gasteiger partial charge in [-0.15, -0.1) is 11.8 Å². The van der Waals surface area contributed by atoms with E-state index < -0.39 is 0 Å². The molecule has 0 aliphatic carbocycles. The molecule has 0 radical (unpaired) electrons. The Kier molecular flexibility index (Phi) is 8.14. The topological polar surface area (TPSA) is 119 Å². The summed E-state index contributed by atoms with van der Waals surface area (Å²) < 4.78 is 0. The molecule has 0 atom stereocenters. The lowest BCUT2D eigenvalue weighted by Crippen LogP contribution is -2.46. The lowest BCUT2D eigenvalue weighted by molar-refractivity contribution is -0.129. The van der Waals surface area contributed by atoms with Gasteiger partial charge in [-0.2, -0.15) is 4.99 Å². The zero-order chi connectivity index (χ0) is 20.5. The lowest BCUT2D eigenvalue weighted by Gasteiger charge is -2.26. The number of benzene rings is 1. The molecule has 1 aromatic carbocycles. The number of rotatable bonds is 5. The predicted molar refractivity (Wildman–Crippen MR) is 115 cm³/mol. The molecule has 2 fully saturated rings. The number of carbonyl (C=O) groups is 1. The molecule has 0 unspecified atom stereocenters. The molecule has 0 bridgehead atoms. The number of carbonyl (C=O) groups excluding carboxylic acids is 1. The van der Waals surface area contributed by atoms with Crippen LogP contribution in [0.25, 0.3) is 0 Å². The van der Waals surface area contributed by atoms with Crippen LogP contribution in [0, 0.1) is 0 Å². The number of hydrazine groups is 1. The molecule has 10 heteroatoms. The smallest absolute Gasteiger partial charge is 0.238 e. The number of nitrogens with two attached hydrogens (primary N) is 1. The van der Waals surface area contributed by atoms with Gasteiger partial charge in [0.15, 0.2) is 0 Å². The van der Waals surface area contributed by atoms with Crippen molar-refractivity contribution in [3.8, 4) is 0 Å². The van der Waals surface area contributed by atoms with Crippen LogP contribution in [0.3, 0.4) is 0 Å². The van der Waals surface area contributed by atoms with Gasteiger partial charge in [-0.1, -0.05) is 0 Å². The molecule has 3 rings (SSSR count). The van der Waals surface area contributed by atoms with Crippen molar-refractivity contribution >= 4 is 35.3 Å². The Morgan fingerprint density at radius 1 is 1.07 bits per heavy atom. The van der Waals surface area contributed by atoms with Crippen LogP contribution in [0.4, 0.5) is 5.69 Å². The molecule has 29 heavy (non-hydrogen) atoms. The Morgan fingerprint density at radius 2 is 1.72 bits per heavy atom. The molecule has 0 spiro atoms. The van der Waals surface area contributed by atoms with Crippen LogP contribution < -0.4 is 16.6 Å². The monoisotopic (exact) mass is 419 g/mol. The van der Waals surface area contributed by atoms with Crippen LogP contribution in [0.2, 0.25) is 0 Å². The highest BCUT2D eigenvalue weighted by Crippen LogP contribution is 2.22. The zero-order valence-corrected chi connectivity index (χ0v) is 17.3. The minimum absolute atomic E-state index is 0.0222. The first-order valence-corrected chi connectivity index (χ1v) is 11.0. The minimum Gasteiger partial charge on any atom is -0.368 e. The maximum atomic E-state index is 12.3. The number of thioether (sulfide) groups is 1. The Hall–Kier alpha value is -2.30. The zero-order valence-electron chi connectivity index (χ0n) is 16.5. The summed E-state index contributed by atoms with van der Waals surface area (Å²) in [4.78, 5) is 23.5. The quantitative estimate of drug-likeness (QED) is 0.248. The summed E-state index contributed by atoms with van der Waals surface area (Å²) in [6.45, 7) is 3.53.